The normalized spacial score (nSPS) is 14.1. The lowest BCUT2D eigenvalue weighted by Gasteiger charge is -2.25. The van der Waals surface area contributed by atoms with Gasteiger partial charge in [0.15, 0.2) is 0 Å². The Kier molecular flexibility index (Phi) is 4.90. The van der Waals surface area contributed by atoms with E-state index in [1.54, 1.807) is 19.1 Å². The van der Waals surface area contributed by atoms with Crippen LogP contribution in [-0.2, 0) is 12.0 Å². The predicted octanol–water partition coefficient (Wildman–Crippen LogP) is 5.45. The molecule has 5 heteroatoms. The zero-order chi connectivity index (χ0) is 14.9. The van der Waals surface area contributed by atoms with E-state index >= 15 is 0 Å². The molecule has 1 unspecified atom stereocenters. The molecule has 1 nitrogen and oxygen atoms in total. The fourth-order valence-corrected chi connectivity index (χ4v) is 2.77. The summed E-state index contributed by atoms with van der Waals surface area (Å²) in [4.78, 5) is 0. The highest BCUT2D eigenvalue weighted by Gasteiger charge is 2.28. The minimum Gasteiger partial charge on any atom is -0.385 e. The first-order valence-corrected chi connectivity index (χ1v) is 7.88. The maximum absolute atomic E-state index is 14.2. The van der Waals surface area contributed by atoms with Crippen LogP contribution in [0.15, 0.2) is 45.3 Å². The summed E-state index contributed by atoms with van der Waals surface area (Å²) in [5.41, 5.74) is -0.229. The third-order valence-corrected chi connectivity index (χ3v) is 4.86. The highest BCUT2D eigenvalue weighted by Crippen LogP contribution is 2.34. The first kappa shape index (κ1) is 16.0. The highest BCUT2D eigenvalue weighted by atomic mass is 79.9. The van der Waals surface area contributed by atoms with Gasteiger partial charge >= 0.3 is 0 Å². The minimum atomic E-state index is -1.33. The molecule has 0 radical (unpaired) electrons. The van der Waals surface area contributed by atoms with Crippen LogP contribution in [0, 0.1) is 5.82 Å². The van der Waals surface area contributed by atoms with Crippen molar-refractivity contribution in [3.05, 3.63) is 67.3 Å². The summed E-state index contributed by atoms with van der Waals surface area (Å²) in [6.07, 6.45) is 0.301. The number of hydrogen-bond acceptors (Lipinski definition) is 1. The van der Waals surface area contributed by atoms with Crippen molar-refractivity contribution in [2.75, 3.05) is 0 Å². The lowest BCUT2D eigenvalue weighted by Crippen LogP contribution is -2.26. The lowest BCUT2D eigenvalue weighted by atomic mass is 9.89. The Hall–Kier alpha value is -0.420. The molecule has 0 saturated carbocycles. The Balaban J connectivity index is 2.35. The number of rotatable bonds is 3. The Bertz CT molecular complexity index is 627. The summed E-state index contributed by atoms with van der Waals surface area (Å²) in [5, 5.41) is 10.6. The van der Waals surface area contributed by atoms with Crippen LogP contribution >= 0.6 is 43.5 Å². The van der Waals surface area contributed by atoms with Crippen LogP contribution in [0.1, 0.15) is 18.1 Å². The molecule has 0 fully saturated rings. The largest absolute Gasteiger partial charge is 0.385 e. The van der Waals surface area contributed by atoms with Crippen molar-refractivity contribution in [3.8, 4) is 0 Å². The van der Waals surface area contributed by atoms with E-state index in [1.807, 2.05) is 24.3 Å². The van der Waals surface area contributed by atoms with Gasteiger partial charge in [0, 0.05) is 20.9 Å². The third-order valence-electron chi connectivity index (χ3n) is 3.08. The van der Waals surface area contributed by atoms with E-state index in [0.29, 0.717) is 10.9 Å². The summed E-state index contributed by atoms with van der Waals surface area (Å²) in [6, 6.07) is 10.7. The first-order valence-electron chi connectivity index (χ1n) is 5.92. The van der Waals surface area contributed by atoms with E-state index < -0.39 is 11.4 Å². The number of aliphatic hydroxyl groups is 1. The quantitative estimate of drug-likeness (QED) is 0.652. The van der Waals surface area contributed by atoms with E-state index in [4.69, 9.17) is 11.6 Å². The molecule has 0 spiro atoms. The fourth-order valence-electron chi connectivity index (χ4n) is 2.04. The molecular formula is C15H12Br2ClFO. The van der Waals surface area contributed by atoms with E-state index in [1.165, 1.54) is 0 Å². The molecule has 1 N–H and O–H groups in total. The molecule has 0 aliphatic carbocycles. The zero-order valence-electron chi connectivity index (χ0n) is 10.6. The summed E-state index contributed by atoms with van der Waals surface area (Å²) < 4.78 is 15.6. The standard InChI is InChI=1S/C15H12Br2ClFO/c1-15(20,8-9-2-4-10(16)5-3-9)11-6-7-12(17)13(18)14(11)19/h2-7,20H,8H2,1H3. The Morgan fingerprint density at radius 2 is 1.75 bits per heavy atom. The van der Waals surface area contributed by atoms with Crippen LogP contribution in [0.4, 0.5) is 4.39 Å². The van der Waals surface area contributed by atoms with Gasteiger partial charge in [-0.3, -0.25) is 0 Å². The Morgan fingerprint density at radius 3 is 2.35 bits per heavy atom. The van der Waals surface area contributed by atoms with E-state index in [0.717, 1.165) is 10.0 Å². The second kappa shape index (κ2) is 6.14. The molecule has 0 heterocycles. The van der Waals surface area contributed by atoms with E-state index in [9.17, 15) is 9.50 Å². The van der Waals surface area contributed by atoms with Crippen molar-refractivity contribution in [2.24, 2.45) is 0 Å². The van der Waals surface area contributed by atoms with Crippen LogP contribution < -0.4 is 0 Å². The van der Waals surface area contributed by atoms with Gasteiger partial charge in [0.1, 0.15) is 5.82 Å². The second-order valence-corrected chi connectivity index (χ2v) is 6.95. The monoisotopic (exact) mass is 420 g/mol. The number of hydrogen-bond donors (Lipinski definition) is 1. The van der Waals surface area contributed by atoms with E-state index in [-0.39, 0.29) is 10.6 Å². The van der Waals surface area contributed by atoms with Crippen molar-refractivity contribution >= 4 is 43.5 Å². The third kappa shape index (κ3) is 3.42. The van der Waals surface area contributed by atoms with Gasteiger partial charge in [-0.2, -0.15) is 0 Å². The van der Waals surface area contributed by atoms with Crippen LogP contribution in [-0.4, -0.2) is 5.11 Å². The summed E-state index contributed by atoms with van der Waals surface area (Å²) in [7, 11) is 0. The molecular weight excluding hydrogens is 410 g/mol. The number of benzene rings is 2. The fraction of sp³-hybridized carbons (Fsp3) is 0.200. The summed E-state index contributed by atoms with van der Waals surface area (Å²) >= 11 is 12.4. The van der Waals surface area contributed by atoms with Crippen molar-refractivity contribution < 1.29 is 9.50 Å². The van der Waals surface area contributed by atoms with Crippen molar-refractivity contribution in [3.63, 3.8) is 0 Å². The van der Waals surface area contributed by atoms with Gasteiger partial charge in [0.2, 0.25) is 0 Å². The minimum absolute atomic E-state index is 0.0152. The lowest BCUT2D eigenvalue weighted by molar-refractivity contribution is 0.0538. The highest BCUT2D eigenvalue weighted by molar-refractivity contribution is 9.10. The van der Waals surface area contributed by atoms with Gasteiger partial charge in [-0.05, 0) is 46.6 Å². The average Bonchev–Trinajstić information content (AvgIpc) is 2.38. The van der Waals surface area contributed by atoms with E-state index in [2.05, 4.69) is 31.9 Å². The predicted molar refractivity (Wildman–Crippen MR) is 86.5 cm³/mol. The average molecular weight is 423 g/mol. The zero-order valence-corrected chi connectivity index (χ0v) is 14.6. The summed E-state index contributed by atoms with van der Waals surface area (Å²) in [6.45, 7) is 1.58. The van der Waals surface area contributed by atoms with Crippen LogP contribution in [0.3, 0.4) is 0 Å². The van der Waals surface area contributed by atoms with Gasteiger partial charge < -0.3 is 5.11 Å². The molecule has 0 aliphatic rings. The molecule has 1 atom stereocenters. The van der Waals surface area contributed by atoms with Crippen LogP contribution in [0.25, 0.3) is 0 Å². The Labute approximate surface area is 139 Å². The maximum atomic E-state index is 14.2. The maximum Gasteiger partial charge on any atom is 0.149 e. The van der Waals surface area contributed by atoms with Crippen molar-refractivity contribution in [2.45, 2.75) is 18.9 Å². The van der Waals surface area contributed by atoms with Gasteiger partial charge in [-0.25, -0.2) is 4.39 Å². The summed E-state index contributed by atoms with van der Waals surface area (Å²) in [5.74, 6) is -0.594. The molecule has 2 aromatic carbocycles. The molecule has 2 rings (SSSR count). The van der Waals surface area contributed by atoms with Gasteiger partial charge in [-0.15, -0.1) is 0 Å². The SMILES string of the molecule is CC(O)(Cc1ccc(Br)cc1)c1ccc(Br)c(Cl)c1F. The van der Waals surface area contributed by atoms with Crippen molar-refractivity contribution in [1.29, 1.82) is 0 Å². The second-order valence-electron chi connectivity index (χ2n) is 4.80. The molecule has 106 valence electrons. The first-order chi connectivity index (χ1) is 9.31. The molecule has 0 aromatic heterocycles. The molecule has 2 aromatic rings. The van der Waals surface area contributed by atoms with Crippen LogP contribution in [0.5, 0.6) is 0 Å². The molecule has 0 saturated heterocycles. The number of halogens is 4. The van der Waals surface area contributed by atoms with Gasteiger partial charge in [0.05, 0.1) is 10.6 Å². The molecule has 0 bridgehead atoms. The topological polar surface area (TPSA) is 20.2 Å². The smallest absolute Gasteiger partial charge is 0.149 e. The van der Waals surface area contributed by atoms with Crippen LogP contribution in [0.2, 0.25) is 5.02 Å². The molecule has 0 aliphatic heterocycles. The van der Waals surface area contributed by atoms with Crippen molar-refractivity contribution in [1.82, 2.24) is 0 Å². The Morgan fingerprint density at radius 1 is 1.15 bits per heavy atom. The van der Waals surface area contributed by atoms with Gasteiger partial charge in [0.25, 0.3) is 0 Å². The molecule has 20 heavy (non-hydrogen) atoms. The van der Waals surface area contributed by atoms with Gasteiger partial charge in [-0.1, -0.05) is 45.7 Å². The molecule has 0 amide bonds.